The molecule has 1 N–H and O–H groups in total. The van der Waals surface area contributed by atoms with Crippen molar-refractivity contribution in [3.05, 3.63) is 70.7 Å². The molecule has 0 atom stereocenters. The summed E-state index contributed by atoms with van der Waals surface area (Å²) in [4.78, 5) is 30.2. The zero-order chi connectivity index (χ0) is 23.4. The normalized spacial score (nSPS) is 10.8. The maximum Gasteiger partial charge on any atom is 0.243 e. The predicted octanol–water partition coefficient (Wildman–Crippen LogP) is 4.57. The zero-order valence-electron chi connectivity index (χ0n) is 18.5. The van der Waals surface area contributed by atoms with Crippen molar-refractivity contribution < 1.29 is 22.8 Å². The van der Waals surface area contributed by atoms with Gasteiger partial charge in [-0.15, -0.1) is 0 Å². The van der Waals surface area contributed by atoms with Gasteiger partial charge in [0.05, 0.1) is 18.3 Å². The molecule has 0 aliphatic rings. The minimum Gasteiger partial charge on any atom is -0.441 e. The molecule has 3 rings (SSSR count). The van der Waals surface area contributed by atoms with Gasteiger partial charge >= 0.3 is 0 Å². The third kappa shape index (κ3) is 5.57. The Kier molecular flexibility index (Phi) is 7.02. The van der Waals surface area contributed by atoms with Crippen LogP contribution in [0.25, 0.3) is 11.3 Å². The average molecular weight is 441 g/mol. The molecule has 0 aliphatic heterocycles. The number of aromatic nitrogens is 1. The molecule has 6 nitrogen and oxygen atoms in total. The number of carbonyl (C=O) groups is 2. The summed E-state index contributed by atoms with van der Waals surface area (Å²) in [6, 6.07) is 7.13. The van der Waals surface area contributed by atoms with Crippen LogP contribution in [0.2, 0.25) is 0 Å². The monoisotopic (exact) mass is 441 g/mol. The van der Waals surface area contributed by atoms with Gasteiger partial charge in [-0.05, 0) is 44.0 Å². The molecule has 1 heterocycles. The van der Waals surface area contributed by atoms with E-state index in [2.05, 4.69) is 10.3 Å². The molecule has 0 bridgehead atoms. The van der Waals surface area contributed by atoms with Crippen LogP contribution >= 0.6 is 0 Å². The van der Waals surface area contributed by atoms with E-state index in [1.54, 1.807) is 7.05 Å². The molecule has 0 saturated carbocycles. The third-order valence-electron chi connectivity index (χ3n) is 5.05. The van der Waals surface area contributed by atoms with E-state index in [0.29, 0.717) is 0 Å². The molecule has 2 aromatic carbocycles. The number of hydrogen-bond acceptors (Lipinski definition) is 4. The second-order valence-corrected chi connectivity index (χ2v) is 7.81. The molecule has 0 spiro atoms. The summed E-state index contributed by atoms with van der Waals surface area (Å²) in [7, 11) is 1.55. The van der Waals surface area contributed by atoms with E-state index in [9.17, 15) is 18.4 Å². The highest BCUT2D eigenvalue weighted by Gasteiger charge is 2.17. The van der Waals surface area contributed by atoms with Gasteiger partial charge in [-0.3, -0.25) is 9.59 Å². The molecule has 1 aromatic heterocycles. The van der Waals surface area contributed by atoms with Crippen molar-refractivity contribution in [2.24, 2.45) is 0 Å². The molecule has 3 aromatic rings. The van der Waals surface area contributed by atoms with E-state index in [4.69, 9.17) is 4.42 Å². The van der Waals surface area contributed by atoms with Crippen molar-refractivity contribution in [1.29, 1.82) is 0 Å². The lowest BCUT2D eigenvalue weighted by atomic mass is 10.1. The number of amides is 2. The van der Waals surface area contributed by atoms with Crippen LogP contribution < -0.4 is 5.32 Å². The summed E-state index contributed by atoms with van der Waals surface area (Å²) in [6.07, 6.45) is 1.58. The highest BCUT2D eigenvalue weighted by atomic mass is 19.1. The Morgan fingerprint density at radius 3 is 2.44 bits per heavy atom. The lowest BCUT2D eigenvalue weighted by Crippen LogP contribution is -2.35. The van der Waals surface area contributed by atoms with Crippen LogP contribution in [0.3, 0.4) is 0 Å². The number of rotatable bonds is 7. The Bertz CT molecular complexity index is 1130. The van der Waals surface area contributed by atoms with Crippen LogP contribution in [0.4, 0.5) is 14.5 Å². The smallest absolute Gasteiger partial charge is 0.243 e. The first kappa shape index (κ1) is 23.1. The van der Waals surface area contributed by atoms with Crippen LogP contribution in [-0.2, 0) is 16.0 Å². The topological polar surface area (TPSA) is 75.4 Å². The van der Waals surface area contributed by atoms with Gasteiger partial charge in [0, 0.05) is 31.6 Å². The summed E-state index contributed by atoms with van der Waals surface area (Å²) in [5, 5.41) is 2.87. The van der Waals surface area contributed by atoms with E-state index >= 15 is 0 Å². The van der Waals surface area contributed by atoms with Gasteiger partial charge < -0.3 is 14.6 Å². The summed E-state index contributed by atoms with van der Waals surface area (Å²) in [5.41, 5.74) is 3.88. The molecular weight excluding hydrogens is 416 g/mol. The molecule has 32 heavy (non-hydrogen) atoms. The van der Waals surface area contributed by atoms with E-state index < -0.39 is 11.6 Å². The van der Waals surface area contributed by atoms with Crippen LogP contribution in [0.5, 0.6) is 0 Å². The Morgan fingerprint density at radius 2 is 1.78 bits per heavy atom. The van der Waals surface area contributed by atoms with Crippen molar-refractivity contribution in [2.75, 3.05) is 18.9 Å². The van der Waals surface area contributed by atoms with Gasteiger partial charge in [-0.1, -0.05) is 17.7 Å². The molecular formula is C24H25F2N3O3. The predicted molar refractivity (Wildman–Crippen MR) is 117 cm³/mol. The maximum atomic E-state index is 13.9. The van der Waals surface area contributed by atoms with E-state index in [1.807, 2.05) is 32.9 Å². The van der Waals surface area contributed by atoms with Gasteiger partial charge in [0.2, 0.25) is 11.8 Å². The van der Waals surface area contributed by atoms with Gasteiger partial charge in [0.1, 0.15) is 11.6 Å². The summed E-state index contributed by atoms with van der Waals surface area (Å²) in [6.45, 7) is 5.74. The number of aryl methyl sites for hydroxylation is 4. The van der Waals surface area contributed by atoms with Crippen LogP contribution in [0.15, 0.2) is 40.9 Å². The van der Waals surface area contributed by atoms with Crippen molar-refractivity contribution in [1.82, 2.24) is 9.88 Å². The van der Waals surface area contributed by atoms with E-state index in [0.717, 1.165) is 34.5 Å². The Morgan fingerprint density at radius 1 is 1.09 bits per heavy atom. The van der Waals surface area contributed by atoms with Gasteiger partial charge in [0.25, 0.3) is 0 Å². The first-order valence-electron chi connectivity index (χ1n) is 10.2. The molecule has 0 fully saturated rings. The summed E-state index contributed by atoms with van der Waals surface area (Å²) < 4.78 is 32.4. The maximum absolute atomic E-state index is 13.9. The first-order valence-corrected chi connectivity index (χ1v) is 10.2. The minimum absolute atomic E-state index is 0.0677. The number of benzene rings is 2. The fourth-order valence-corrected chi connectivity index (χ4v) is 3.50. The number of halogens is 2. The zero-order valence-corrected chi connectivity index (χ0v) is 18.5. The number of likely N-dealkylation sites (N-methyl/N-ethyl adjacent to an activating group) is 1. The van der Waals surface area contributed by atoms with Gasteiger partial charge in [-0.25, -0.2) is 13.8 Å². The van der Waals surface area contributed by atoms with Crippen molar-refractivity contribution in [3.63, 3.8) is 0 Å². The molecule has 0 saturated heterocycles. The molecule has 0 unspecified atom stereocenters. The Balaban J connectivity index is 1.54. The van der Waals surface area contributed by atoms with Crippen LogP contribution in [0.1, 0.15) is 29.0 Å². The largest absolute Gasteiger partial charge is 0.441 e. The molecule has 8 heteroatoms. The fraction of sp³-hybridized carbons (Fsp3) is 0.292. The molecule has 2 amide bonds. The van der Waals surface area contributed by atoms with Gasteiger partial charge in [-0.2, -0.15) is 0 Å². The van der Waals surface area contributed by atoms with Crippen molar-refractivity contribution in [3.8, 4) is 11.3 Å². The quantitative estimate of drug-likeness (QED) is 0.583. The Labute approximate surface area is 185 Å². The standard InChI is InChI=1S/C24H25F2N3O3/c1-14-9-15(2)24(16(3)10-14)28-21(30)13-29(4)23(31)8-7-22-27-12-20(32-22)18-6-5-17(25)11-19(18)26/h5-6,9-12H,7-8,13H2,1-4H3,(H,28,30). The number of nitrogens with zero attached hydrogens (tertiary/aromatic N) is 2. The SMILES string of the molecule is Cc1cc(C)c(NC(=O)CN(C)C(=O)CCc2ncc(-c3ccc(F)cc3F)o2)c(C)c1. The van der Waals surface area contributed by atoms with E-state index in [1.165, 1.54) is 17.2 Å². The molecule has 0 aliphatic carbocycles. The van der Waals surface area contributed by atoms with Crippen LogP contribution in [0, 0.1) is 32.4 Å². The van der Waals surface area contributed by atoms with Crippen molar-refractivity contribution in [2.45, 2.75) is 33.6 Å². The minimum atomic E-state index is -0.756. The Hall–Kier alpha value is -3.55. The molecule has 168 valence electrons. The third-order valence-corrected chi connectivity index (χ3v) is 5.05. The number of carbonyl (C=O) groups excluding carboxylic acids is 2. The second kappa shape index (κ2) is 9.72. The summed E-state index contributed by atoms with van der Waals surface area (Å²) >= 11 is 0. The molecule has 0 radical (unpaired) electrons. The van der Waals surface area contributed by atoms with Crippen molar-refractivity contribution >= 4 is 17.5 Å². The highest BCUT2D eigenvalue weighted by Crippen LogP contribution is 2.25. The highest BCUT2D eigenvalue weighted by molar-refractivity contribution is 5.95. The lowest BCUT2D eigenvalue weighted by Gasteiger charge is -2.18. The number of anilines is 1. The number of hydrogen-bond donors (Lipinski definition) is 1. The summed E-state index contributed by atoms with van der Waals surface area (Å²) in [5.74, 6) is -1.58. The number of oxazole rings is 1. The second-order valence-electron chi connectivity index (χ2n) is 7.81. The van der Waals surface area contributed by atoms with Crippen LogP contribution in [-0.4, -0.2) is 35.3 Å². The van der Waals surface area contributed by atoms with E-state index in [-0.39, 0.29) is 48.4 Å². The fourth-order valence-electron chi connectivity index (χ4n) is 3.50. The average Bonchev–Trinajstić information content (AvgIpc) is 3.17. The van der Waals surface area contributed by atoms with Gasteiger partial charge in [0.15, 0.2) is 11.7 Å². The number of nitrogens with one attached hydrogen (secondary N) is 1. The lowest BCUT2D eigenvalue weighted by molar-refractivity contribution is -0.133. The first-order chi connectivity index (χ1) is 15.1.